The van der Waals surface area contributed by atoms with E-state index in [1.165, 1.54) is 6.07 Å². The Morgan fingerprint density at radius 3 is 2.94 bits per heavy atom. The minimum Gasteiger partial charge on any atom is -0.480 e. The highest BCUT2D eigenvalue weighted by Crippen LogP contribution is 2.28. The van der Waals surface area contributed by atoms with E-state index in [0.717, 1.165) is 10.0 Å². The van der Waals surface area contributed by atoms with Gasteiger partial charge in [-0.05, 0) is 24.1 Å². The van der Waals surface area contributed by atoms with Gasteiger partial charge >= 0.3 is 5.97 Å². The Labute approximate surface area is 101 Å². The largest absolute Gasteiger partial charge is 0.480 e. The number of benzene rings is 1. The van der Waals surface area contributed by atoms with Crippen molar-refractivity contribution in [1.82, 2.24) is 4.90 Å². The number of nitrogens with zero attached hydrogens (tertiary/aromatic N) is 1. The van der Waals surface area contributed by atoms with Gasteiger partial charge in [0.15, 0.2) is 0 Å². The smallest absolute Gasteiger partial charge is 0.317 e. The van der Waals surface area contributed by atoms with Crippen LogP contribution in [-0.2, 0) is 17.8 Å². The van der Waals surface area contributed by atoms with Crippen LogP contribution >= 0.6 is 15.9 Å². The maximum Gasteiger partial charge on any atom is 0.317 e. The molecule has 86 valence electrons. The van der Waals surface area contributed by atoms with Gasteiger partial charge in [0.05, 0.1) is 6.54 Å². The van der Waals surface area contributed by atoms with Gasteiger partial charge in [0.1, 0.15) is 5.82 Å². The quantitative estimate of drug-likeness (QED) is 0.905. The summed E-state index contributed by atoms with van der Waals surface area (Å²) >= 11 is 3.39. The molecule has 0 atom stereocenters. The van der Waals surface area contributed by atoms with Gasteiger partial charge in [-0.15, -0.1) is 0 Å². The van der Waals surface area contributed by atoms with Gasteiger partial charge < -0.3 is 5.11 Å². The molecule has 1 aliphatic heterocycles. The summed E-state index contributed by atoms with van der Waals surface area (Å²) in [5, 5.41) is 8.69. The Hall–Kier alpha value is -0.940. The number of halogens is 2. The van der Waals surface area contributed by atoms with Crippen molar-refractivity contribution in [2.75, 3.05) is 13.1 Å². The second-order valence-electron chi connectivity index (χ2n) is 3.84. The average Bonchev–Trinajstić information content (AvgIpc) is 2.23. The lowest BCUT2D eigenvalue weighted by Gasteiger charge is -2.28. The molecule has 1 aromatic rings. The normalized spacial score (nSPS) is 15.9. The van der Waals surface area contributed by atoms with Crippen molar-refractivity contribution in [3.8, 4) is 0 Å². The Morgan fingerprint density at radius 1 is 1.50 bits per heavy atom. The highest BCUT2D eigenvalue weighted by atomic mass is 79.9. The van der Waals surface area contributed by atoms with Gasteiger partial charge in [0, 0.05) is 23.1 Å². The third-order valence-corrected chi connectivity index (χ3v) is 3.48. The van der Waals surface area contributed by atoms with E-state index in [1.807, 2.05) is 0 Å². The fourth-order valence-corrected chi connectivity index (χ4v) is 2.55. The SMILES string of the molecule is O=C(O)CN1CCc2c(Br)ccc(F)c2C1. The first-order chi connectivity index (χ1) is 7.58. The Bertz CT molecular complexity index is 436. The summed E-state index contributed by atoms with van der Waals surface area (Å²) in [6.07, 6.45) is 0.682. The molecule has 5 heteroatoms. The van der Waals surface area contributed by atoms with E-state index in [-0.39, 0.29) is 12.4 Å². The monoisotopic (exact) mass is 287 g/mol. The molecule has 0 aliphatic carbocycles. The van der Waals surface area contributed by atoms with Crippen LogP contribution in [0.15, 0.2) is 16.6 Å². The van der Waals surface area contributed by atoms with E-state index in [2.05, 4.69) is 15.9 Å². The second-order valence-corrected chi connectivity index (χ2v) is 4.70. The summed E-state index contributed by atoms with van der Waals surface area (Å²) in [5.74, 6) is -1.13. The van der Waals surface area contributed by atoms with Crippen molar-refractivity contribution in [3.05, 3.63) is 33.5 Å². The van der Waals surface area contributed by atoms with Gasteiger partial charge in [-0.2, -0.15) is 0 Å². The van der Waals surface area contributed by atoms with Gasteiger partial charge in [-0.25, -0.2) is 4.39 Å². The Morgan fingerprint density at radius 2 is 2.25 bits per heavy atom. The molecule has 0 unspecified atom stereocenters. The molecular formula is C11H11BrFNO2. The number of aliphatic carboxylic acids is 1. The van der Waals surface area contributed by atoms with Crippen LogP contribution < -0.4 is 0 Å². The first-order valence-electron chi connectivity index (χ1n) is 4.98. The Balaban J connectivity index is 2.26. The third-order valence-electron chi connectivity index (χ3n) is 2.74. The molecular weight excluding hydrogens is 277 g/mol. The van der Waals surface area contributed by atoms with E-state index >= 15 is 0 Å². The van der Waals surface area contributed by atoms with Crippen LogP contribution in [0.3, 0.4) is 0 Å². The van der Waals surface area contributed by atoms with Crippen LogP contribution in [0.2, 0.25) is 0 Å². The lowest BCUT2D eigenvalue weighted by Crippen LogP contribution is -2.35. The summed E-state index contributed by atoms with van der Waals surface area (Å²) in [5.41, 5.74) is 1.57. The zero-order valence-corrected chi connectivity index (χ0v) is 10.1. The molecule has 0 spiro atoms. The molecule has 0 amide bonds. The fraction of sp³-hybridized carbons (Fsp3) is 0.364. The molecule has 16 heavy (non-hydrogen) atoms. The van der Waals surface area contributed by atoms with Gasteiger partial charge in [0.25, 0.3) is 0 Å². The molecule has 0 saturated carbocycles. The number of fused-ring (bicyclic) bond motifs is 1. The molecule has 0 aromatic heterocycles. The van der Waals surface area contributed by atoms with E-state index in [1.54, 1.807) is 11.0 Å². The van der Waals surface area contributed by atoms with Crippen LogP contribution in [-0.4, -0.2) is 29.1 Å². The number of carboxylic acid groups (broad SMARTS) is 1. The topological polar surface area (TPSA) is 40.5 Å². The number of hydrogen-bond acceptors (Lipinski definition) is 2. The minimum absolute atomic E-state index is 0.0363. The summed E-state index contributed by atoms with van der Waals surface area (Å²) in [6, 6.07) is 3.11. The molecule has 1 aliphatic rings. The standard InChI is InChI=1S/C11H11BrFNO2/c12-9-1-2-10(13)8-5-14(6-11(15)16)4-3-7(8)9/h1-2H,3-6H2,(H,15,16). The molecule has 1 heterocycles. The first kappa shape index (κ1) is 11.5. The molecule has 0 saturated heterocycles. The highest BCUT2D eigenvalue weighted by Gasteiger charge is 2.22. The molecule has 3 nitrogen and oxygen atoms in total. The highest BCUT2D eigenvalue weighted by molar-refractivity contribution is 9.10. The van der Waals surface area contributed by atoms with E-state index < -0.39 is 5.97 Å². The van der Waals surface area contributed by atoms with Crippen molar-refractivity contribution >= 4 is 21.9 Å². The minimum atomic E-state index is -0.876. The fourth-order valence-electron chi connectivity index (χ4n) is 1.98. The van der Waals surface area contributed by atoms with Crippen molar-refractivity contribution in [2.45, 2.75) is 13.0 Å². The zero-order valence-electron chi connectivity index (χ0n) is 8.54. The van der Waals surface area contributed by atoms with E-state index in [4.69, 9.17) is 5.11 Å². The maximum atomic E-state index is 13.6. The lowest BCUT2D eigenvalue weighted by atomic mass is 9.99. The summed E-state index contributed by atoms with van der Waals surface area (Å²) in [6.45, 7) is 0.986. The summed E-state index contributed by atoms with van der Waals surface area (Å²) < 4.78 is 14.5. The zero-order chi connectivity index (χ0) is 11.7. The van der Waals surface area contributed by atoms with Crippen LogP contribution in [0.1, 0.15) is 11.1 Å². The summed E-state index contributed by atoms with van der Waals surface area (Å²) in [7, 11) is 0. The van der Waals surface area contributed by atoms with Crippen LogP contribution in [0.4, 0.5) is 4.39 Å². The van der Waals surface area contributed by atoms with Crippen molar-refractivity contribution in [2.24, 2.45) is 0 Å². The number of hydrogen-bond donors (Lipinski definition) is 1. The van der Waals surface area contributed by atoms with E-state index in [0.29, 0.717) is 25.1 Å². The van der Waals surface area contributed by atoms with Gasteiger partial charge in [-0.1, -0.05) is 15.9 Å². The maximum absolute atomic E-state index is 13.6. The molecule has 0 bridgehead atoms. The van der Waals surface area contributed by atoms with Crippen molar-refractivity contribution < 1.29 is 14.3 Å². The molecule has 1 aromatic carbocycles. The van der Waals surface area contributed by atoms with Crippen molar-refractivity contribution in [3.63, 3.8) is 0 Å². The van der Waals surface area contributed by atoms with Gasteiger partial charge in [0.2, 0.25) is 0 Å². The molecule has 0 radical (unpaired) electrons. The first-order valence-corrected chi connectivity index (χ1v) is 5.77. The Kier molecular flexibility index (Phi) is 3.25. The number of carboxylic acids is 1. The van der Waals surface area contributed by atoms with Crippen molar-refractivity contribution in [1.29, 1.82) is 0 Å². The van der Waals surface area contributed by atoms with E-state index in [9.17, 15) is 9.18 Å². The van der Waals surface area contributed by atoms with Crippen LogP contribution in [0, 0.1) is 5.82 Å². The predicted octanol–water partition coefficient (Wildman–Crippen LogP) is 2.03. The molecule has 2 rings (SSSR count). The summed E-state index contributed by atoms with van der Waals surface area (Å²) in [4.78, 5) is 12.3. The predicted molar refractivity (Wildman–Crippen MR) is 60.7 cm³/mol. The third kappa shape index (κ3) is 2.25. The van der Waals surface area contributed by atoms with Crippen LogP contribution in [0.5, 0.6) is 0 Å². The average molecular weight is 288 g/mol. The molecule has 1 N–H and O–H groups in total. The second kappa shape index (κ2) is 4.51. The number of carbonyl (C=O) groups is 1. The molecule has 0 fully saturated rings. The number of rotatable bonds is 2. The van der Waals surface area contributed by atoms with Gasteiger partial charge in [-0.3, -0.25) is 9.69 Å². The van der Waals surface area contributed by atoms with Crippen LogP contribution in [0.25, 0.3) is 0 Å². The lowest BCUT2D eigenvalue weighted by molar-refractivity contribution is -0.138.